The standard InChI is InChI=1S/C18H21N3O5/c1-13-19-16(20-26-13)11-24-15-7-5-14(6-8-15)18(23)25-12-17(22)21-9-3-2-4-10-21/h5-8H,2-4,9-12H2,1H3. The van der Waals surface area contributed by atoms with Crippen LogP contribution < -0.4 is 4.74 Å². The first-order valence-electron chi connectivity index (χ1n) is 8.59. The predicted molar refractivity (Wildman–Crippen MR) is 90.5 cm³/mol. The van der Waals surface area contributed by atoms with Gasteiger partial charge in [-0.2, -0.15) is 4.98 Å². The van der Waals surface area contributed by atoms with Crippen LogP contribution in [0.3, 0.4) is 0 Å². The van der Waals surface area contributed by atoms with Crippen LogP contribution in [0.2, 0.25) is 0 Å². The van der Waals surface area contributed by atoms with E-state index >= 15 is 0 Å². The highest BCUT2D eigenvalue weighted by atomic mass is 16.5. The van der Waals surface area contributed by atoms with E-state index in [0.29, 0.717) is 23.0 Å². The molecule has 8 nitrogen and oxygen atoms in total. The van der Waals surface area contributed by atoms with E-state index in [2.05, 4.69) is 10.1 Å². The fourth-order valence-corrected chi connectivity index (χ4v) is 2.68. The SMILES string of the molecule is Cc1nc(COc2ccc(C(=O)OCC(=O)N3CCCCC3)cc2)no1. The van der Waals surface area contributed by atoms with Gasteiger partial charge in [-0.15, -0.1) is 0 Å². The van der Waals surface area contributed by atoms with Crippen LogP contribution in [-0.2, 0) is 16.1 Å². The molecule has 3 rings (SSSR count). The van der Waals surface area contributed by atoms with Gasteiger partial charge >= 0.3 is 5.97 Å². The lowest BCUT2D eigenvalue weighted by molar-refractivity contribution is -0.135. The van der Waals surface area contributed by atoms with E-state index in [4.69, 9.17) is 14.0 Å². The molecule has 0 radical (unpaired) electrons. The van der Waals surface area contributed by atoms with Crippen LogP contribution in [-0.4, -0.2) is 46.6 Å². The average Bonchev–Trinajstić information content (AvgIpc) is 3.10. The third-order valence-corrected chi connectivity index (χ3v) is 4.06. The molecule has 1 aromatic carbocycles. The number of rotatable bonds is 6. The number of likely N-dealkylation sites (tertiary alicyclic amines) is 1. The summed E-state index contributed by atoms with van der Waals surface area (Å²) in [5.41, 5.74) is 0.360. The van der Waals surface area contributed by atoms with Crippen molar-refractivity contribution in [3.8, 4) is 5.75 Å². The fourth-order valence-electron chi connectivity index (χ4n) is 2.68. The number of hydrogen-bond donors (Lipinski definition) is 0. The summed E-state index contributed by atoms with van der Waals surface area (Å²) < 4.78 is 15.5. The van der Waals surface area contributed by atoms with Crippen molar-refractivity contribution in [1.82, 2.24) is 15.0 Å². The Hall–Kier alpha value is -2.90. The number of carbonyl (C=O) groups excluding carboxylic acids is 2. The molecule has 0 unspecified atom stereocenters. The number of hydrogen-bond acceptors (Lipinski definition) is 7. The molecule has 0 N–H and O–H groups in total. The van der Waals surface area contributed by atoms with E-state index in [1.54, 1.807) is 36.1 Å². The van der Waals surface area contributed by atoms with Gasteiger partial charge in [-0.3, -0.25) is 4.79 Å². The molecule has 1 aliphatic rings. The molecular formula is C18H21N3O5. The summed E-state index contributed by atoms with van der Waals surface area (Å²) in [6, 6.07) is 6.47. The zero-order chi connectivity index (χ0) is 18.4. The normalized spacial score (nSPS) is 14.1. The van der Waals surface area contributed by atoms with E-state index in [0.717, 1.165) is 32.4 Å². The van der Waals surface area contributed by atoms with E-state index in [1.165, 1.54) is 0 Å². The van der Waals surface area contributed by atoms with Crippen molar-refractivity contribution in [3.05, 3.63) is 41.5 Å². The molecule has 1 fully saturated rings. The van der Waals surface area contributed by atoms with Crippen molar-refractivity contribution in [2.45, 2.75) is 32.8 Å². The Kier molecular flexibility index (Phi) is 5.83. The molecule has 2 heterocycles. The van der Waals surface area contributed by atoms with Crippen LogP contribution in [0.15, 0.2) is 28.8 Å². The second-order valence-electron chi connectivity index (χ2n) is 6.06. The molecular weight excluding hydrogens is 338 g/mol. The second kappa shape index (κ2) is 8.46. The van der Waals surface area contributed by atoms with Gasteiger partial charge < -0.3 is 18.9 Å². The Morgan fingerprint density at radius 2 is 1.88 bits per heavy atom. The molecule has 0 spiro atoms. The number of carbonyl (C=O) groups is 2. The minimum Gasteiger partial charge on any atom is -0.485 e. The zero-order valence-electron chi connectivity index (χ0n) is 14.6. The van der Waals surface area contributed by atoms with Gasteiger partial charge in [0.25, 0.3) is 5.91 Å². The third kappa shape index (κ3) is 4.81. The minimum atomic E-state index is -0.532. The van der Waals surface area contributed by atoms with Gasteiger partial charge in [0.15, 0.2) is 13.2 Å². The van der Waals surface area contributed by atoms with Crippen LogP contribution in [0.4, 0.5) is 0 Å². The van der Waals surface area contributed by atoms with Crippen LogP contribution in [0.1, 0.15) is 41.3 Å². The number of ether oxygens (including phenoxy) is 2. The van der Waals surface area contributed by atoms with Gasteiger partial charge in [-0.25, -0.2) is 4.79 Å². The summed E-state index contributed by atoms with van der Waals surface area (Å²) in [5.74, 6) is 0.806. The Morgan fingerprint density at radius 1 is 1.15 bits per heavy atom. The topological polar surface area (TPSA) is 94.8 Å². The van der Waals surface area contributed by atoms with Gasteiger partial charge in [0, 0.05) is 20.0 Å². The van der Waals surface area contributed by atoms with Gasteiger partial charge in [0.1, 0.15) is 5.75 Å². The highest BCUT2D eigenvalue weighted by Gasteiger charge is 2.18. The third-order valence-electron chi connectivity index (χ3n) is 4.06. The summed E-state index contributed by atoms with van der Waals surface area (Å²) in [5, 5.41) is 3.73. The maximum Gasteiger partial charge on any atom is 0.338 e. The quantitative estimate of drug-likeness (QED) is 0.729. The lowest BCUT2D eigenvalue weighted by Gasteiger charge is -2.26. The summed E-state index contributed by atoms with van der Waals surface area (Å²) in [4.78, 5) is 29.9. The Balaban J connectivity index is 1.46. The van der Waals surface area contributed by atoms with Crippen molar-refractivity contribution in [1.29, 1.82) is 0 Å². The monoisotopic (exact) mass is 359 g/mol. The Labute approximate surface area is 151 Å². The number of esters is 1. The van der Waals surface area contributed by atoms with Crippen molar-refractivity contribution in [2.75, 3.05) is 19.7 Å². The summed E-state index contributed by atoms with van der Waals surface area (Å²) in [7, 11) is 0. The van der Waals surface area contributed by atoms with Crippen molar-refractivity contribution < 1.29 is 23.6 Å². The van der Waals surface area contributed by atoms with Crippen LogP contribution >= 0.6 is 0 Å². The molecule has 1 aromatic heterocycles. The molecule has 0 aliphatic carbocycles. The van der Waals surface area contributed by atoms with Crippen molar-refractivity contribution in [2.24, 2.45) is 0 Å². The second-order valence-corrected chi connectivity index (χ2v) is 6.06. The molecule has 8 heteroatoms. The maximum atomic E-state index is 12.1. The molecule has 1 amide bonds. The summed E-state index contributed by atoms with van der Waals surface area (Å²) in [6.07, 6.45) is 3.15. The molecule has 26 heavy (non-hydrogen) atoms. The zero-order valence-corrected chi connectivity index (χ0v) is 14.6. The number of piperidine rings is 1. The lowest BCUT2D eigenvalue weighted by atomic mass is 10.1. The fraction of sp³-hybridized carbons (Fsp3) is 0.444. The molecule has 2 aromatic rings. The first-order chi connectivity index (χ1) is 12.6. The predicted octanol–water partition coefficient (Wildman–Crippen LogP) is 2.13. The molecule has 138 valence electrons. The van der Waals surface area contributed by atoms with Gasteiger partial charge in [0.05, 0.1) is 5.56 Å². The van der Waals surface area contributed by atoms with E-state index in [9.17, 15) is 9.59 Å². The minimum absolute atomic E-state index is 0.145. The smallest absolute Gasteiger partial charge is 0.338 e. The van der Waals surface area contributed by atoms with Gasteiger partial charge in [-0.1, -0.05) is 5.16 Å². The van der Waals surface area contributed by atoms with Crippen LogP contribution in [0.5, 0.6) is 5.75 Å². The molecule has 0 saturated carbocycles. The first-order valence-corrected chi connectivity index (χ1v) is 8.59. The van der Waals surface area contributed by atoms with E-state index in [1.807, 2.05) is 0 Å². The molecule has 1 saturated heterocycles. The number of aryl methyl sites for hydroxylation is 1. The highest BCUT2D eigenvalue weighted by molar-refractivity contribution is 5.91. The van der Waals surface area contributed by atoms with Crippen molar-refractivity contribution in [3.63, 3.8) is 0 Å². The molecule has 0 atom stereocenters. The van der Waals surface area contributed by atoms with Crippen molar-refractivity contribution >= 4 is 11.9 Å². The largest absolute Gasteiger partial charge is 0.485 e. The summed E-state index contributed by atoms with van der Waals surface area (Å²) in [6.45, 7) is 3.12. The highest BCUT2D eigenvalue weighted by Crippen LogP contribution is 2.15. The lowest BCUT2D eigenvalue weighted by Crippen LogP contribution is -2.38. The number of amides is 1. The Morgan fingerprint density at radius 3 is 2.54 bits per heavy atom. The van der Waals surface area contributed by atoms with Gasteiger partial charge in [-0.05, 0) is 43.5 Å². The number of nitrogens with zero attached hydrogens (tertiary/aromatic N) is 3. The first kappa shape index (κ1) is 17.9. The molecule has 0 bridgehead atoms. The maximum absolute atomic E-state index is 12.1. The number of aromatic nitrogens is 2. The molecule has 1 aliphatic heterocycles. The average molecular weight is 359 g/mol. The summed E-state index contributed by atoms with van der Waals surface area (Å²) >= 11 is 0. The van der Waals surface area contributed by atoms with Crippen LogP contribution in [0.25, 0.3) is 0 Å². The van der Waals surface area contributed by atoms with Crippen LogP contribution in [0, 0.1) is 6.92 Å². The Bertz CT molecular complexity index is 750. The van der Waals surface area contributed by atoms with E-state index < -0.39 is 5.97 Å². The number of benzene rings is 1. The van der Waals surface area contributed by atoms with Gasteiger partial charge in [0.2, 0.25) is 11.7 Å². The van der Waals surface area contributed by atoms with E-state index in [-0.39, 0.29) is 19.1 Å².